The van der Waals surface area contributed by atoms with Gasteiger partial charge in [-0.3, -0.25) is 4.79 Å². The second-order valence-corrected chi connectivity index (χ2v) is 7.42. The average Bonchev–Trinajstić information content (AvgIpc) is 3.10. The molecule has 0 unspecified atom stereocenters. The van der Waals surface area contributed by atoms with E-state index >= 15 is 0 Å². The first-order chi connectivity index (χ1) is 12.7. The van der Waals surface area contributed by atoms with E-state index in [1.807, 2.05) is 30.3 Å². The van der Waals surface area contributed by atoms with E-state index in [1.54, 1.807) is 11.3 Å². The molecule has 1 amide bonds. The van der Waals surface area contributed by atoms with E-state index in [2.05, 4.69) is 25.6 Å². The van der Waals surface area contributed by atoms with Gasteiger partial charge in [-0.25, -0.2) is 15.0 Å². The lowest BCUT2D eigenvalue weighted by Crippen LogP contribution is -2.24. The van der Waals surface area contributed by atoms with Crippen LogP contribution in [0.1, 0.15) is 26.1 Å². The zero-order valence-corrected chi connectivity index (χ0v) is 15.4. The van der Waals surface area contributed by atoms with Crippen LogP contribution in [0.5, 0.6) is 0 Å². The minimum absolute atomic E-state index is 0.170. The quantitative estimate of drug-likeness (QED) is 0.721. The number of hydrogen-bond donors (Lipinski definition) is 2. The Morgan fingerprint density at radius 1 is 1.27 bits per heavy atom. The first-order valence-electron chi connectivity index (χ1n) is 8.25. The Kier molecular flexibility index (Phi) is 4.92. The highest BCUT2D eigenvalue weighted by atomic mass is 35.5. The summed E-state index contributed by atoms with van der Waals surface area (Å²) in [6.45, 7) is 2.15. The van der Waals surface area contributed by atoms with Crippen molar-refractivity contribution in [3.8, 4) is 11.4 Å². The third-order valence-electron chi connectivity index (χ3n) is 4.04. The van der Waals surface area contributed by atoms with E-state index in [0.29, 0.717) is 12.4 Å². The molecular weight excluding hydrogens is 370 g/mol. The van der Waals surface area contributed by atoms with Gasteiger partial charge in [0.25, 0.3) is 5.91 Å². The monoisotopic (exact) mass is 385 g/mol. The lowest BCUT2D eigenvalue weighted by atomic mass is 10.2. The molecule has 0 bridgehead atoms. The molecule has 3 heterocycles. The van der Waals surface area contributed by atoms with E-state index < -0.39 is 0 Å². The molecule has 1 aliphatic heterocycles. The summed E-state index contributed by atoms with van der Waals surface area (Å²) in [7, 11) is 0. The molecule has 8 heteroatoms. The van der Waals surface area contributed by atoms with E-state index in [4.69, 9.17) is 11.6 Å². The van der Waals surface area contributed by atoms with Crippen LogP contribution in [-0.2, 0) is 19.5 Å². The number of nitrogens with zero attached hydrogens (tertiary/aromatic N) is 3. The van der Waals surface area contributed by atoms with Gasteiger partial charge < -0.3 is 10.6 Å². The smallest absolute Gasteiger partial charge is 0.271 e. The van der Waals surface area contributed by atoms with Gasteiger partial charge in [0.05, 0.1) is 23.5 Å². The second-order valence-electron chi connectivity index (χ2n) is 5.84. The largest absolute Gasteiger partial charge is 0.344 e. The number of aromatic nitrogens is 3. The molecule has 1 aromatic carbocycles. The number of hydrogen-bond acceptors (Lipinski definition) is 6. The van der Waals surface area contributed by atoms with Gasteiger partial charge in [-0.15, -0.1) is 11.3 Å². The van der Waals surface area contributed by atoms with E-state index in [0.717, 1.165) is 35.8 Å². The van der Waals surface area contributed by atoms with Crippen molar-refractivity contribution in [1.82, 2.24) is 25.6 Å². The highest BCUT2D eigenvalue weighted by Gasteiger charge is 2.18. The predicted molar refractivity (Wildman–Crippen MR) is 101 cm³/mol. The fraction of sp³-hybridized carbons (Fsp3) is 0.222. The molecule has 0 fully saturated rings. The van der Waals surface area contributed by atoms with Crippen LogP contribution in [0.3, 0.4) is 0 Å². The van der Waals surface area contributed by atoms with Gasteiger partial charge in [0.1, 0.15) is 5.01 Å². The van der Waals surface area contributed by atoms with Gasteiger partial charge >= 0.3 is 0 Å². The maximum Gasteiger partial charge on any atom is 0.271 e. The molecular formula is C18H16ClN5OS. The summed E-state index contributed by atoms with van der Waals surface area (Å²) < 4.78 is 0. The van der Waals surface area contributed by atoms with Crippen LogP contribution in [0.25, 0.3) is 11.4 Å². The van der Waals surface area contributed by atoms with Crippen LogP contribution >= 0.6 is 22.9 Å². The summed E-state index contributed by atoms with van der Waals surface area (Å²) in [5.41, 5.74) is 2.13. The van der Waals surface area contributed by atoms with Gasteiger partial charge in [0, 0.05) is 30.0 Å². The van der Waals surface area contributed by atoms with Crippen molar-refractivity contribution in [2.75, 3.05) is 6.54 Å². The van der Waals surface area contributed by atoms with Crippen molar-refractivity contribution < 1.29 is 4.79 Å². The third-order valence-corrected chi connectivity index (χ3v) is 5.41. The molecule has 0 aliphatic carbocycles. The number of carbonyl (C=O) groups is 1. The Bertz CT molecular complexity index is 921. The number of halogens is 1. The lowest BCUT2D eigenvalue weighted by Gasteiger charge is -2.09. The summed E-state index contributed by atoms with van der Waals surface area (Å²) >= 11 is 7.76. The van der Waals surface area contributed by atoms with Crippen LogP contribution in [0.4, 0.5) is 0 Å². The average molecular weight is 386 g/mol. The number of amides is 1. The van der Waals surface area contributed by atoms with Crippen molar-refractivity contribution >= 4 is 28.8 Å². The van der Waals surface area contributed by atoms with E-state index in [9.17, 15) is 4.79 Å². The topological polar surface area (TPSA) is 79.8 Å². The number of rotatable bonds is 4. The maximum absolute atomic E-state index is 12.5. The molecule has 3 aromatic rings. The zero-order chi connectivity index (χ0) is 17.9. The normalized spacial score (nSPS) is 13.3. The maximum atomic E-state index is 12.5. The van der Waals surface area contributed by atoms with Crippen LogP contribution in [0, 0.1) is 0 Å². The summed E-state index contributed by atoms with van der Waals surface area (Å²) in [5.74, 6) is 0.136. The van der Waals surface area contributed by atoms with Crippen molar-refractivity contribution in [1.29, 1.82) is 0 Å². The van der Waals surface area contributed by atoms with E-state index in [-0.39, 0.29) is 16.6 Å². The zero-order valence-electron chi connectivity index (χ0n) is 13.8. The third kappa shape index (κ3) is 3.60. The van der Waals surface area contributed by atoms with Crippen LogP contribution in [0.2, 0.25) is 5.02 Å². The van der Waals surface area contributed by atoms with Crippen molar-refractivity contribution in [3.05, 3.63) is 62.8 Å². The molecule has 0 radical (unpaired) electrons. The minimum Gasteiger partial charge on any atom is -0.344 e. The number of benzene rings is 1. The number of fused-ring (bicyclic) bond motifs is 1. The molecule has 1 aliphatic rings. The Balaban J connectivity index is 1.50. The first kappa shape index (κ1) is 17.1. The van der Waals surface area contributed by atoms with Crippen LogP contribution < -0.4 is 10.6 Å². The summed E-state index contributed by atoms with van der Waals surface area (Å²) in [5, 5.41) is 7.30. The number of carbonyl (C=O) groups excluding carboxylic acids is 1. The molecule has 2 N–H and O–H groups in total. The Morgan fingerprint density at radius 2 is 2.12 bits per heavy atom. The molecule has 0 saturated carbocycles. The number of nitrogens with one attached hydrogen (secondary N) is 2. The van der Waals surface area contributed by atoms with Gasteiger partial charge in [-0.2, -0.15) is 0 Å². The van der Waals surface area contributed by atoms with Crippen molar-refractivity contribution in [2.45, 2.75) is 19.5 Å². The second kappa shape index (κ2) is 7.49. The highest BCUT2D eigenvalue weighted by molar-refractivity contribution is 7.11. The summed E-state index contributed by atoms with van der Waals surface area (Å²) in [6, 6.07) is 9.48. The Morgan fingerprint density at radius 3 is 2.92 bits per heavy atom. The molecule has 2 aromatic heterocycles. The number of thiazole rings is 1. The van der Waals surface area contributed by atoms with Crippen LogP contribution in [-0.4, -0.2) is 27.4 Å². The van der Waals surface area contributed by atoms with Crippen LogP contribution in [0.15, 0.2) is 36.5 Å². The predicted octanol–water partition coefficient (Wildman–Crippen LogP) is 2.83. The molecule has 26 heavy (non-hydrogen) atoms. The van der Waals surface area contributed by atoms with Crippen molar-refractivity contribution in [3.63, 3.8) is 0 Å². The van der Waals surface area contributed by atoms with Crippen molar-refractivity contribution in [2.24, 2.45) is 0 Å². The van der Waals surface area contributed by atoms with Gasteiger partial charge in [-0.05, 0) is 0 Å². The Hall–Kier alpha value is -2.35. The summed E-state index contributed by atoms with van der Waals surface area (Å²) in [4.78, 5) is 26.9. The molecule has 0 spiro atoms. The molecule has 132 valence electrons. The highest BCUT2D eigenvalue weighted by Crippen LogP contribution is 2.22. The summed E-state index contributed by atoms with van der Waals surface area (Å²) in [6.07, 6.45) is 2.39. The SMILES string of the molecule is O=C(NCc1nc2c(s1)CNCC2)c1nc(-c2ccccc2)ncc1Cl. The van der Waals surface area contributed by atoms with E-state index in [1.165, 1.54) is 11.1 Å². The fourth-order valence-corrected chi connectivity index (χ4v) is 3.95. The lowest BCUT2D eigenvalue weighted by molar-refractivity contribution is 0.0946. The molecule has 0 atom stereocenters. The first-order valence-corrected chi connectivity index (χ1v) is 9.44. The van der Waals surface area contributed by atoms with Gasteiger partial charge in [-0.1, -0.05) is 41.9 Å². The fourth-order valence-electron chi connectivity index (χ4n) is 2.75. The molecule has 4 rings (SSSR count). The standard InChI is InChI=1S/C18H16ClN5OS/c19-12-8-21-17(11-4-2-1-3-5-11)24-16(12)18(25)22-10-15-23-13-6-7-20-9-14(13)26-15/h1-5,8,20H,6-7,9-10H2,(H,22,25). The molecule has 6 nitrogen and oxygen atoms in total. The molecule has 0 saturated heterocycles. The van der Waals surface area contributed by atoms with Gasteiger partial charge in [0.2, 0.25) is 0 Å². The Labute approximate surface area is 159 Å². The minimum atomic E-state index is -0.333. The van der Waals surface area contributed by atoms with Gasteiger partial charge in [0.15, 0.2) is 11.5 Å².